The van der Waals surface area contributed by atoms with Crippen molar-refractivity contribution in [3.8, 4) is 0 Å². The summed E-state index contributed by atoms with van der Waals surface area (Å²) in [6, 6.07) is 10.4. The van der Waals surface area contributed by atoms with Gasteiger partial charge in [0.2, 0.25) is 0 Å². The molecular formula is C15H22O. The van der Waals surface area contributed by atoms with Crippen LogP contribution in [0.2, 0.25) is 0 Å². The summed E-state index contributed by atoms with van der Waals surface area (Å²) in [6.07, 6.45) is 5.53. The largest absolute Gasteiger partial charge is 0.376 e. The summed E-state index contributed by atoms with van der Waals surface area (Å²) in [5.41, 5.74) is 1.29. The van der Waals surface area contributed by atoms with Crippen LogP contribution in [0.15, 0.2) is 30.3 Å². The van der Waals surface area contributed by atoms with Crippen LogP contribution in [0.1, 0.15) is 38.2 Å². The zero-order valence-corrected chi connectivity index (χ0v) is 10.2. The minimum atomic E-state index is 0.776. The molecule has 2 rings (SSSR count). The summed E-state index contributed by atoms with van der Waals surface area (Å²) in [5.74, 6) is 1.82. The number of rotatable bonds is 7. The fraction of sp³-hybridized carbons (Fsp3) is 0.600. The molecule has 1 saturated carbocycles. The summed E-state index contributed by atoms with van der Waals surface area (Å²) in [4.78, 5) is 0. The molecule has 0 saturated heterocycles. The fourth-order valence-electron chi connectivity index (χ4n) is 2.24. The molecule has 0 amide bonds. The second-order valence-electron chi connectivity index (χ2n) is 4.90. The van der Waals surface area contributed by atoms with Crippen molar-refractivity contribution >= 4 is 0 Å². The highest BCUT2D eigenvalue weighted by Gasteiger charge is 2.35. The van der Waals surface area contributed by atoms with Gasteiger partial charge in [-0.1, -0.05) is 56.5 Å². The number of ether oxygens (including phenoxy) is 1. The van der Waals surface area contributed by atoms with Crippen molar-refractivity contribution in [3.05, 3.63) is 35.9 Å². The third-order valence-corrected chi connectivity index (χ3v) is 3.44. The van der Waals surface area contributed by atoms with Gasteiger partial charge in [0.25, 0.3) is 0 Å². The molecule has 0 aromatic heterocycles. The molecule has 0 heterocycles. The molecule has 1 heteroatoms. The number of hydrogen-bond acceptors (Lipinski definition) is 1. The van der Waals surface area contributed by atoms with Gasteiger partial charge in [-0.25, -0.2) is 0 Å². The summed E-state index contributed by atoms with van der Waals surface area (Å²) < 4.78 is 5.75. The van der Waals surface area contributed by atoms with Crippen LogP contribution in [0.5, 0.6) is 0 Å². The van der Waals surface area contributed by atoms with E-state index in [2.05, 4.69) is 31.2 Å². The molecule has 1 aliphatic carbocycles. The Labute approximate surface area is 98.8 Å². The Morgan fingerprint density at radius 1 is 1.19 bits per heavy atom. The lowest BCUT2D eigenvalue weighted by Gasteiger charge is -2.03. The van der Waals surface area contributed by atoms with Crippen molar-refractivity contribution in [2.45, 2.75) is 39.2 Å². The van der Waals surface area contributed by atoms with E-state index < -0.39 is 0 Å². The summed E-state index contributed by atoms with van der Waals surface area (Å²) in [5, 5.41) is 0. The summed E-state index contributed by atoms with van der Waals surface area (Å²) in [6.45, 7) is 4.00. The van der Waals surface area contributed by atoms with Crippen LogP contribution in [0.25, 0.3) is 0 Å². The van der Waals surface area contributed by atoms with Crippen molar-refractivity contribution in [2.75, 3.05) is 6.61 Å². The molecule has 16 heavy (non-hydrogen) atoms. The van der Waals surface area contributed by atoms with Gasteiger partial charge in [0.05, 0.1) is 13.2 Å². The maximum absolute atomic E-state index is 5.75. The Kier molecular flexibility index (Phi) is 4.41. The molecule has 1 fully saturated rings. The maximum Gasteiger partial charge on any atom is 0.0717 e. The molecule has 1 aromatic carbocycles. The van der Waals surface area contributed by atoms with Gasteiger partial charge in [-0.2, -0.15) is 0 Å². The third-order valence-electron chi connectivity index (χ3n) is 3.44. The molecule has 0 spiro atoms. The standard InChI is InChI=1S/C15H22O/c1-2-3-9-14-10-15(14)12-16-11-13-7-5-4-6-8-13/h4-8,14-15H,2-3,9-12H2,1H3/t14-,15?/m0/s1. The highest BCUT2D eigenvalue weighted by atomic mass is 16.5. The van der Waals surface area contributed by atoms with Crippen LogP contribution in [0, 0.1) is 11.8 Å². The summed E-state index contributed by atoms with van der Waals surface area (Å²) in [7, 11) is 0. The lowest BCUT2D eigenvalue weighted by molar-refractivity contribution is 0.107. The Hall–Kier alpha value is -0.820. The van der Waals surface area contributed by atoms with Gasteiger partial charge in [-0.05, 0) is 23.8 Å². The van der Waals surface area contributed by atoms with Gasteiger partial charge in [-0.3, -0.25) is 0 Å². The zero-order valence-electron chi connectivity index (χ0n) is 10.2. The first-order chi connectivity index (χ1) is 7.90. The Morgan fingerprint density at radius 2 is 2.00 bits per heavy atom. The van der Waals surface area contributed by atoms with E-state index in [4.69, 9.17) is 4.74 Å². The minimum absolute atomic E-state index is 0.776. The Bertz CT molecular complexity index is 294. The lowest BCUT2D eigenvalue weighted by Crippen LogP contribution is -1.98. The predicted molar refractivity (Wildman–Crippen MR) is 67.2 cm³/mol. The van der Waals surface area contributed by atoms with Crippen LogP contribution in [0.3, 0.4) is 0 Å². The molecule has 2 atom stereocenters. The smallest absolute Gasteiger partial charge is 0.0717 e. The monoisotopic (exact) mass is 218 g/mol. The average Bonchev–Trinajstić information content (AvgIpc) is 3.07. The van der Waals surface area contributed by atoms with Crippen LogP contribution in [-0.4, -0.2) is 6.61 Å². The predicted octanol–water partition coefficient (Wildman–Crippen LogP) is 4.03. The van der Waals surface area contributed by atoms with Gasteiger partial charge in [0.1, 0.15) is 0 Å². The number of benzene rings is 1. The fourth-order valence-corrected chi connectivity index (χ4v) is 2.24. The van der Waals surface area contributed by atoms with Crippen molar-refractivity contribution in [2.24, 2.45) is 11.8 Å². The van der Waals surface area contributed by atoms with E-state index in [1.165, 1.54) is 31.2 Å². The van der Waals surface area contributed by atoms with Gasteiger partial charge in [0, 0.05) is 0 Å². The molecule has 0 aliphatic heterocycles. The van der Waals surface area contributed by atoms with E-state index in [9.17, 15) is 0 Å². The second kappa shape index (κ2) is 6.05. The Balaban J connectivity index is 1.57. The van der Waals surface area contributed by atoms with Crippen LogP contribution < -0.4 is 0 Å². The highest BCUT2D eigenvalue weighted by Crippen LogP contribution is 2.42. The first kappa shape index (κ1) is 11.7. The molecule has 1 aliphatic rings. The highest BCUT2D eigenvalue weighted by molar-refractivity contribution is 5.13. The first-order valence-electron chi connectivity index (χ1n) is 6.52. The van der Waals surface area contributed by atoms with E-state index in [-0.39, 0.29) is 0 Å². The normalized spacial score (nSPS) is 23.3. The molecule has 1 unspecified atom stereocenters. The molecule has 88 valence electrons. The van der Waals surface area contributed by atoms with E-state index in [0.717, 1.165) is 25.0 Å². The van der Waals surface area contributed by atoms with Crippen molar-refractivity contribution in [1.82, 2.24) is 0 Å². The lowest BCUT2D eigenvalue weighted by atomic mass is 10.1. The second-order valence-corrected chi connectivity index (χ2v) is 4.90. The SMILES string of the molecule is CCCC[C@H]1CC1COCc1ccccc1. The topological polar surface area (TPSA) is 9.23 Å². The molecule has 1 aromatic rings. The van der Waals surface area contributed by atoms with Gasteiger partial charge < -0.3 is 4.74 Å². The molecule has 0 N–H and O–H groups in total. The number of unbranched alkanes of at least 4 members (excludes halogenated alkanes) is 1. The van der Waals surface area contributed by atoms with Gasteiger partial charge >= 0.3 is 0 Å². The van der Waals surface area contributed by atoms with Crippen molar-refractivity contribution < 1.29 is 4.74 Å². The van der Waals surface area contributed by atoms with Crippen LogP contribution >= 0.6 is 0 Å². The Morgan fingerprint density at radius 3 is 2.75 bits per heavy atom. The van der Waals surface area contributed by atoms with Crippen molar-refractivity contribution in [1.29, 1.82) is 0 Å². The average molecular weight is 218 g/mol. The van der Waals surface area contributed by atoms with E-state index >= 15 is 0 Å². The molecular weight excluding hydrogens is 196 g/mol. The van der Waals surface area contributed by atoms with E-state index in [0.29, 0.717) is 0 Å². The third kappa shape index (κ3) is 3.64. The van der Waals surface area contributed by atoms with Crippen LogP contribution in [-0.2, 0) is 11.3 Å². The maximum atomic E-state index is 5.75. The van der Waals surface area contributed by atoms with E-state index in [1.807, 2.05) is 6.07 Å². The van der Waals surface area contributed by atoms with Gasteiger partial charge in [0.15, 0.2) is 0 Å². The number of hydrogen-bond donors (Lipinski definition) is 0. The molecule has 0 bridgehead atoms. The molecule has 0 radical (unpaired) electrons. The quantitative estimate of drug-likeness (QED) is 0.671. The molecule has 1 nitrogen and oxygen atoms in total. The zero-order chi connectivity index (χ0) is 11.2. The van der Waals surface area contributed by atoms with Crippen molar-refractivity contribution in [3.63, 3.8) is 0 Å². The van der Waals surface area contributed by atoms with Crippen LogP contribution in [0.4, 0.5) is 0 Å². The van der Waals surface area contributed by atoms with E-state index in [1.54, 1.807) is 0 Å². The first-order valence-corrected chi connectivity index (χ1v) is 6.52. The summed E-state index contributed by atoms with van der Waals surface area (Å²) >= 11 is 0. The van der Waals surface area contributed by atoms with Gasteiger partial charge in [-0.15, -0.1) is 0 Å². The minimum Gasteiger partial charge on any atom is -0.376 e.